The smallest absolute Gasteiger partial charge is 0.102 e. The molecule has 0 heterocycles. The van der Waals surface area contributed by atoms with E-state index in [1.807, 2.05) is 12.2 Å². The van der Waals surface area contributed by atoms with Crippen LogP contribution < -0.4 is 12.4 Å². The molecule has 0 atom stereocenters. The van der Waals surface area contributed by atoms with Crippen LogP contribution in [0.4, 0.5) is 0 Å². The maximum Gasteiger partial charge on any atom is 0.102 e. The van der Waals surface area contributed by atoms with Gasteiger partial charge in [0.25, 0.3) is 0 Å². The maximum atomic E-state index is 8.77. The minimum absolute atomic E-state index is 0. The largest absolute Gasteiger partial charge is 1.00 e. The van der Waals surface area contributed by atoms with Crippen molar-refractivity contribution < 1.29 is 22.0 Å². The van der Waals surface area contributed by atoms with Gasteiger partial charge in [0.2, 0.25) is 0 Å². The van der Waals surface area contributed by atoms with E-state index in [-0.39, 0.29) is 19.0 Å². The summed E-state index contributed by atoms with van der Waals surface area (Å²) in [5.74, 6) is 0. The van der Waals surface area contributed by atoms with Crippen LogP contribution in [0, 0.1) is 0 Å². The van der Waals surface area contributed by atoms with Gasteiger partial charge in [0, 0.05) is 0 Å². The molecule has 0 aromatic rings. The lowest BCUT2D eigenvalue weighted by Gasteiger charge is -2.31. The molecule has 0 aromatic carbocycles. The van der Waals surface area contributed by atoms with Gasteiger partial charge in [-0.15, -0.1) is 0 Å². The fourth-order valence-corrected chi connectivity index (χ4v) is 1.12. The Morgan fingerprint density at radius 3 is 1.92 bits per heavy atom. The molecule has 0 rings (SSSR count). The second-order valence-corrected chi connectivity index (χ2v) is 3.01. The van der Waals surface area contributed by atoms with Crippen molar-refractivity contribution in [1.29, 1.82) is 0 Å². The molecule has 3 heteroatoms. The van der Waals surface area contributed by atoms with E-state index in [2.05, 4.69) is 20.2 Å². The van der Waals surface area contributed by atoms with E-state index in [9.17, 15) is 0 Å². The standard InChI is InChI=1S/C9H18NO.ClH/c1-4-6-10(3,7-5-2)8-9-11;/h4-5,11H,1-2,6-9H2,3H3;1H/q+1;/p-1. The zero-order chi connectivity index (χ0) is 8.74. The van der Waals surface area contributed by atoms with Gasteiger partial charge >= 0.3 is 0 Å². The van der Waals surface area contributed by atoms with Crippen LogP contribution in [0.15, 0.2) is 25.3 Å². The molecule has 0 amide bonds. The Labute approximate surface area is 81.2 Å². The summed E-state index contributed by atoms with van der Waals surface area (Å²) in [4.78, 5) is 0. The van der Waals surface area contributed by atoms with Gasteiger partial charge in [-0.25, -0.2) is 0 Å². The third-order valence-corrected chi connectivity index (χ3v) is 1.78. The molecule has 0 fully saturated rings. The summed E-state index contributed by atoms with van der Waals surface area (Å²) < 4.78 is 0.795. The van der Waals surface area contributed by atoms with Crippen molar-refractivity contribution in [3.63, 3.8) is 0 Å². The number of hydrogen-bond acceptors (Lipinski definition) is 1. The second-order valence-electron chi connectivity index (χ2n) is 3.01. The Morgan fingerprint density at radius 1 is 1.25 bits per heavy atom. The highest BCUT2D eigenvalue weighted by atomic mass is 35.5. The van der Waals surface area contributed by atoms with E-state index in [0.717, 1.165) is 24.1 Å². The van der Waals surface area contributed by atoms with Crippen LogP contribution in [-0.4, -0.2) is 42.9 Å². The molecule has 1 N–H and O–H groups in total. The average molecular weight is 192 g/mol. The minimum Gasteiger partial charge on any atom is -1.00 e. The van der Waals surface area contributed by atoms with E-state index >= 15 is 0 Å². The first-order valence-corrected chi connectivity index (χ1v) is 3.85. The molecule has 0 bridgehead atoms. The van der Waals surface area contributed by atoms with Gasteiger partial charge in [-0.3, -0.25) is 0 Å². The topological polar surface area (TPSA) is 20.2 Å². The normalized spacial score (nSPS) is 10.2. The van der Waals surface area contributed by atoms with Gasteiger partial charge in [0.05, 0.1) is 26.7 Å². The molecule has 2 nitrogen and oxygen atoms in total. The highest BCUT2D eigenvalue weighted by Crippen LogP contribution is 2.01. The number of nitrogens with zero attached hydrogens (tertiary/aromatic N) is 1. The van der Waals surface area contributed by atoms with Crippen molar-refractivity contribution in [2.75, 3.05) is 33.3 Å². The summed E-state index contributed by atoms with van der Waals surface area (Å²) >= 11 is 0. The predicted molar refractivity (Wildman–Crippen MR) is 48.3 cm³/mol. The van der Waals surface area contributed by atoms with E-state index in [1.54, 1.807) is 0 Å². The van der Waals surface area contributed by atoms with Crippen molar-refractivity contribution >= 4 is 0 Å². The van der Waals surface area contributed by atoms with E-state index < -0.39 is 0 Å². The quantitative estimate of drug-likeness (QED) is 0.374. The van der Waals surface area contributed by atoms with Gasteiger partial charge < -0.3 is 22.0 Å². The summed E-state index contributed by atoms with van der Waals surface area (Å²) in [5.41, 5.74) is 0. The molecule has 0 unspecified atom stereocenters. The van der Waals surface area contributed by atoms with Crippen molar-refractivity contribution in [2.45, 2.75) is 0 Å². The molecule has 0 saturated heterocycles. The zero-order valence-corrected chi connectivity index (χ0v) is 8.43. The summed E-state index contributed by atoms with van der Waals surface area (Å²) in [6.07, 6.45) is 3.75. The highest BCUT2D eigenvalue weighted by Gasteiger charge is 2.15. The molecule has 0 aromatic heterocycles. The van der Waals surface area contributed by atoms with Gasteiger partial charge in [-0.1, -0.05) is 13.2 Å². The number of likely N-dealkylation sites (N-methyl/N-ethyl adjacent to an activating group) is 1. The molecule has 0 aliphatic heterocycles. The number of hydrogen-bond donors (Lipinski definition) is 1. The van der Waals surface area contributed by atoms with Crippen LogP contribution in [0.2, 0.25) is 0 Å². The lowest BCUT2D eigenvalue weighted by Crippen LogP contribution is -3.00. The molecule has 72 valence electrons. The molecule has 0 radical (unpaired) electrons. The lowest BCUT2D eigenvalue weighted by molar-refractivity contribution is -0.898. The van der Waals surface area contributed by atoms with Crippen LogP contribution in [0.5, 0.6) is 0 Å². The molecule has 0 saturated carbocycles. The summed E-state index contributed by atoms with van der Waals surface area (Å²) in [7, 11) is 2.08. The second kappa shape index (κ2) is 7.35. The van der Waals surface area contributed by atoms with Crippen LogP contribution >= 0.6 is 0 Å². The van der Waals surface area contributed by atoms with Gasteiger partial charge in [-0.05, 0) is 12.2 Å². The van der Waals surface area contributed by atoms with E-state index in [0.29, 0.717) is 0 Å². The van der Waals surface area contributed by atoms with Crippen LogP contribution in [-0.2, 0) is 0 Å². The minimum atomic E-state index is 0. The number of quaternary nitrogens is 1. The van der Waals surface area contributed by atoms with Crippen molar-refractivity contribution in [3.05, 3.63) is 25.3 Å². The maximum absolute atomic E-state index is 8.77. The highest BCUT2D eigenvalue weighted by molar-refractivity contribution is 4.70. The number of aliphatic hydroxyl groups excluding tert-OH is 1. The summed E-state index contributed by atoms with van der Waals surface area (Å²) in [6, 6.07) is 0. The first-order valence-electron chi connectivity index (χ1n) is 3.85. The molecule has 0 spiro atoms. The molecular weight excluding hydrogens is 174 g/mol. The van der Waals surface area contributed by atoms with Crippen molar-refractivity contribution in [3.8, 4) is 0 Å². The van der Waals surface area contributed by atoms with Crippen LogP contribution in [0.3, 0.4) is 0 Å². The van der Waals surface area contributed by atoms with Gasteiger partial charge in [-0.2, -0.15) is 0 Å². The van der Waals surface area contributed by atoms with E-state index in [1.165, 1.54) is 0 Å². The van der Waals surface area contributed by atoms with Crippen molar-refractivity contribution in [2.24, 2.45) is 0 Å². The molecule has 0 aliphatic rings. The van der Waals surface area contributed by atoms with Crippen LogP contribution in [0.25, 0.3) is 0 Å². The summed E-state index contributed by atoms with van der Waals surface area (Å²) in [5, 5.41) is 8.77. The van der Waals surface area contributed by atoms with Crippen molar-refractivity contribution in [1.82, 2.24) is 0 Å². The third-order valence-electron chi connectivity index (χ3n) is 1.78. The Bertz CT molecular complexity index is 126. The monoisotopic (exact) mass is 191 g/mol. The van der Waals surface area contributed by atoms with E-state index in [4.69, 9.17) is 5.11 Å². The molecule has 12 heavy (non-hydrogen) atoms. The Balaban J connectivity index is 0. The third kappa shape index (κ3) is 5.35. The fourth-order valence-electron chi connectivity index (χ4n) is 1.12. The number of halogens is 1. The molecule has 0 aliphatic carbocycles. The molecular formula is C9H18ClNO. The first-order chi connectivity index (χ1) is 5.18. The lowest BCUT2D eigenvalue weighted by atomic mass is 10.3. The fraction of sp³-hybridized carbons (Fsp3) is 0.556. The predicted octanol–water partition coefficient (Wildman–Crippen LogP) is -2.20. The Morgan fingerprint density at radius 2 is 1.67 bits per heavy atom. The Hall–Kier alpha value is -0.310. The van der Waals surface area contributed by atoms with Crippen LogP contribution in [0.1, 0.15) is 0 Å². The number of aliphatic hydroxyl groups is 1. The SMILES string of the molecule is C=CC[N+](C)(CC=C)CCO.[Cl-]. The average Bonchev–Trinajstić information content (AvgIpc) is 1.88. The Kier molecular flexibility index (Phi) is 8.71. The summed E-state index contributed by atoms with van der Waals surface area (Å²) in [6.45, 7) is 10.1. The number of rotatable bonds is 6. The van der Waals surface area contributed by atoms with Gasteiger partial charge in [0.15, 0.2) is 0 Å². The first kappa shape index (κ1) is 14.2. The van der Waals surface area contributed by atoms with Gasteiger partial charge in [0.1, 0.15) is 6.54 Å². The zero-order valence-electron chi connectivity index (χ0n) is 7.67.